The summed E-state index contributed by atoms with van der Waals surface area (Å²) in [6.45, 7) is 2.05. The van der Waals surface area contributed by atoms with E-state index >= 15 is 0 Å². The van der Waals surface area contributed by atoms with Gasteiger partial charge in [-0.15, -0.1) is 12.4 Å². The lowest BCUT2D eigenvalue weighted by Crippen LogP contribution is -2.39. The Hall–Kier alpha value is -0.690. The second-order valence-electron chi connectivity index (χ2n) is 3.29. The fourth-order valence-corrected chi connectivity index (χ4v) is 2.39. The Kier molecular flexibility index (Phi) is 5.88. The van der Waals surface area contributed by atoms with Crippen LogP contribution in [0.2, 0.25) is 0 Å². The van der Waals surface area contributed by atoms with Crippen molar-refractivity contribution in [1.82, 2.24) is 9.29 Å². The fraction of sp³-hybridized carbons (Fsp3) is 0.444. The summed E-state index contributed by atoms with van der Waals surface area (Å²) in [6, 6.07) is 2.88. The number of pyridine rings is 1. The minimum atomic E-state index is -3.46. The van der Waals surface area contributed by atoms with Crippen molar-refractivity contribution in [2.75, 3.05) is 13.6 Å². The molecule has 7 heteroatoms. The van der Waals surface area contributed by atoms with Crippen molar-refractivity contribution < 1.29 is 8.42 Å². The molecule has 0 aliphatic rings. The molecule has 1 rings (SSSR count). The van der Waals surface area contributed by atoms with Crippen LogP contribution in [0, 0.1) is 0 Å². The Bertz CT molecular complexity index is 410. The van der Waals surface area contributed by atoms with Crippen molar-refractivity contribution in [2.45, 2.75) is 17.9 Å². The molecular weight excluding hydrogens is 250 g/mol. The molecule has 0 bridgehead atoms. The van der Waals surface area contributed by atoms with Gasteiger partial charge in [-0.3, -0.25) is 4.98 Å². The third-order valence-electron chi connectivity index (χ3n) is 2.27. The summed E-state index contributed by atoms with van der Waals surface area (Å²) < 4.78 is 25.2. The lowest BCUT2D eigenvalue weighted by Gasteiger charge is -2.22. The molecule has 0 saturated heterocycles. The first-order valence-electron chi connectivity index (χ1n) is 4.58. The maximum Gasteiger partial charge on any atom is 0.244 e. The normalized spacial score (nSPS) is 13.2. The number of nitrogens with two attached hydrogens (primary N) is 1. The number of nitrogens with zero attached hydrogens (tertiary/aromatic N) is 2. The summed E-state index contributed by atoms with van der Waals surface area (Å²) >= 11 is 0. The van der Waals surface area contributed by atoms with Crippen LogP contribution in [0.1, 0.15) is 6.92 Å². The third kappa shape index (κ3) is 3.15. The van der Waals surface area contributed by atoms with Gasteiger partial charge in [0.25, 0.3) is 0 Å². The summed E-state index contributed by atoms with van der Waals surface area (Å²) in [5, 5.41) is 0. The van der Waals surface area contributed by atoms with Crippen LogP contribution in [0.3, 0.4) is 0 Å². The highest BCUT2D eigenvalue weighted by Crippen LogP contribution is 2.14. The number of hydrogen-bond acceptors (Lipinski definition) is 4. The second kappa shape index (κ2) is 6.15. The Morgan fingerprint density at radius 2 is 2.19 bits per heavy atom. The zero-order chi connectivity index (χ0) is 11.5. The second-order valence-corrected chi connectivity index (χ2v) is 5.29. The van der Waals surface area contributed by atoms with Crippen molar-refractivity contribution >= 4 is 22.4 Å². The third-order valence-corrected chi connectivity index (χ3v) is 4.23. The van der Waals surface area contributed by atoms with Crippen LogP contribution < -0.4 is 5.73 Å². The molecule has 0 amide bonds. The van der Waals surface area contributed by atoms with Gasteiger partial charge in [-0.2, -0.15) is 4.31 Å². The summed E-state index contributed by atoms with van der Waals surface area (Å²) in [4.78, 5) is 3.97. The van der Waals surface area contributed by atoms with Gasteiger partial charge in [0.05, 0.1) is 0 Å². The molecule has 1 heterocycles. The van der Waals surface area contributed by atoms with Crippen molar-refractivity contribution in [3.05, 3.63) is 24.5 Å². The molecule has 0 saturated carbocycles. The fourth-order valence-electron chi connectivity index (χ4n) is 1.05. The molecule has 0 spiro atoms. The maximum absolute atomic E-state index is 12.0. The van der Waals surface area contributed by atoms with Crippen LogP contribution in [0.25, 0.3) is 0 Å². The topological polar surface area (TPSA) is 76.3 Å². The maximum atomic E-state index is 12.0. The molecular formula is C9H16ClN3O2S. The van der Waals surface area contributed by atoms with Gasteiger partial charge in [0, 0.05) is 32.0 Å². The largest absolute Gasteiger partial charge is 0.329 e. The van der Waals surface area contributed by atoms with Crippen molar-refractivity contribution in [2.24, 2.45) is 5.73 Å². The lowest BCUT2D eigenvalue weighted by molar-refractivity contribution is 0.394. The molecule has 92 valence electrons. The molecule has 1 aromatic rings. The number of rotatable bonds is 4. The quantitative estimate of drug-likeness (QED) is 0.859. The van der Waals surface area contributed by atoms with Gasteiger partial charge >= 0.3 is 0 Å². The van der Waals surface area contributed by atoms with Crippen molar-refractivity contribution in [3.63, 3.8) is 0 Å². The first kappa shape index (κ1) is 15.3. The molecule has 0 aliphatic carbocycles. The van der Waals surface area contributed by atoms with E-state index in [2.05, 4.69) is 4.98 Å². The summed E-state index contributed by atoms with van der Waals surface area (Å²) in [5.41, 5.74) is 5.43. The van der Waals surface area contributed by atoms with Crippen LogP contribution in [0.15, 0.2) is 29.4 Å². The molecule has 0 radical (unpaired) electrons. The monoisotopic (exact) mass is 265 g/mol. The van der Waals surface area contributed by atoms with Gasteiger partial charge in [-0.1, -0.05) is 0 Å². The van der Waals surface area contributed by atoms with E-state index in [1.165, 1.54) is 29.8 Å². The van der Waals surface area contributed by atoms with E-state index in [1.54, 1.807) is 13.0 Å². The van der Waals surface area contributed by atoms with Crippen LogP contribution in [-0.2, 0) is 10.0 Å². The SMILES string of the molecule is CC(CN)N(C)S(=O)(=O)c1cccnc1.Cl. The predicted molar refractivity (Wildman–Crippen MR) is 65.0 cm³/mol. The van der Waals surface area contributed by atoms with E-state index in [9.17, 15) is 8.42 Å². The Morgan fingerprint density at radius 1 is 1.56 bits per heavy atom. The molecule has 1 unspecified atom stereocenters. The molecule has 16 heavy (non-hydrogen) atoms. The van der Waals surface area contributed by atoms with Gasteiger partial charge in [-0.05, 0) is 19.1 Å². The van der Waals surface area contributed by atoms with Gasteiger partial charge < -0.3 is 5.73 Å². The lowest BCUT2D eigenvalue weighted by atomic mass is 10.4. The number of halogens is 1. The molecule has 0 aliphatic heterocycles. The summed E-state index contributed by atoms with van der Waals surface area (Å²) in [5.74, 6) is 0. The number of likely N-dealkylation sites (N-methyl/N-ethyl adjacent to an activating group) is 1. The first-order chi connectivity index (χ1) is 7.00. The van der Waals surface area contributed by atoms with Gasteiger partial charge in [0.1, 0.15) is 4.90 Å². The zero-order valence-corrected chi connectivity index (χ0v) is 10.8. The Morgan fingerprint density at radius 3 is 2.62 bits per heavy atom. The molecule has 0 aromatic carbocycles. The average Bonchev–Trinajstić information content (AvgIpc) is 2.28. The van der Waals surface area contributed by atoms with Crippen molar-refractivity contribution in [1.29, 1.82) is 0 Å². The molecule has 0 fully saturated rings. The van der Waals surface area contributed by atoms with Crippen LogP contribution in [0.5, 0.6) is 0 Å². The van der Waals surface area contributed by atoms with E-state index in [1.807, 2.05) is 0 Å². The van der Waals surface area contributed by atoms with Crippen LogP contribution in [0.4, 0.5) is 0 Å². The van der Waals surface area contributed by atoms with E-state index < -0.39 is 10.0 Å². The van der Waals surface area contributed by atoms with Gasteiger partial charge in [0.15, 0.2) is 0 Å². The van der Waals surface area contributed by atoms with Gasteiger partial charge in [0.2, 0.25) is 10.0 Å². The minimum Gasteiger partial charge on any atom is -0.329 e. The van der Waals surface area contributed by atoms with E-state index in [0.717, 1.165) is 0 Å². The molecule has 2 N–H and O–H groups in total. The number of hydrogen-bond donors (Lipinski definition) is 1. The number of aromatic nitrogens is 1. The summed E-state index contributed by atoms with van der Waals surface area (Å²) in [6.07, 6.45) is 2.86. The highest BCUT2D eigenvalue weighted by Gasteiger charge is 2.24. The van der Waals surface area contributed by atoms with Crippen LogP contribution >= 0.6 is 12.4 Å². The first-order valence-corrected chi connectivity index (χ1v) is 6.02. The minimum absolute atomic E-state index is 0. The Balaban J connectivity index is 0.00000225. The van der Waals surface area contributed by atoms with Crippen LogP contribution in [-0.4, -0.2) is 37.3 Å². The zero-order valence-electron chi connectivity index (χ0n) is 9.20. The Labute approximate surface area is 102 Å². The van der Waals surface area contributed by atoms with Gasteiger partial charge in [-0.25, -0.2) is 8.42 Å². The standard InChI is InChI=1S/C9H15N3O2S.ClH/c1-8(6-10)12(2)15(13,14)9-4-3-5-11-7-9;/h3-5,7-8H,6,10H2,1-2H3;1H. The van der Waals surface area contributed by atoms with E-state index in [-0.39, 0.29) is 29.9 Å². The smallest absolute Gasteiger partial charge is 0.244 e. The highest BCUT2D eigenvalue weighted by molar-refractivity contribution is 7.89. The predicted octanol–water partition coefficient (Wildman–Crippen LogP) is 0.471. The highest BCUT2D eigenvalue weighted by atomic mass is 35.5. The van der Waals surface area contributed by atoms with Crippen molar-refractivity contribution in [3.8, 4) is 0 Å². The van der Waals surface area contributed by atoms with E-state index in [0.29, 0.717) is 0 Å². The average molecular weight is 266 g/mol. The molecule has 1 aromatic heterocycles. The molecule has 5 nitrogen and oxygen atoms in total. The van der Waals surface area contributed by atoms with E-state index in [4.69, 9.17) is 5.73 Å². The summed E-state index contributed by atoms with van der Waals surface area (Å²) in [7, 11) is -1.95. The number of sulfonamides is 1. The molecule has 1 atom stereocenters.